The highest BCUT2D eigenvalue weighted by molar-refractivity contribution is 5.89. The van der Waals surface area contributed by atoms with Crippen molar-refractivity contribution in [2.75, 3.05) is 5.48 Å². The Morgan fingerprint density at radius 1 is 1.57 bits per heavy atom. The monoisotopic (exact) mass is 191 g/mol. The summed E-state index contributed by atoms with van der Waals surface area (Å²) in [6, 6.07) is 5.56. The molecule has 2 aromatic rings. The summed E-state index contributed by atoms with van der Waals surface area (Å²) in [5, 5.41) is 7.65. The van der Waals surface area contributed by atoms with E-state index in [4.69, 9.17) is 0 Å². The summed E-state index contributed by atoms with van der Waals surface area (Å²) in [7, 11) is 0. The summed E-state index contributed by atoms with van der Waals surface area (Å²) in [5.41, 5.74) is 4.06. The van der Waals surface area contributed by atoms with Crippen molar-refractivity contribution in [2.45, 2.75) is 6.92 Å². The minimum Gasteiger partial charge on any atom is -0.344 e. The van der Waals surface area contributed by atoms with Crippen molar-refractivity contribution in [1.82, 2.24) is 10.2 Å². The fourth-order valence-electron chi connectivity index (χ4n) is 1.18. The van der Waals surface area contributed by atoms with E-state index in [1.807, 2.05) is 12.1 Å². The van der Waals surface area contributed by atoms with Crippen LogP contribution in [0.2, 0.25) is 0 Å². The van der Waals surface area contributed by atoms with E-state index in [0.29, 0.717) is 5.69 Å². The van der Waals surface area contributed by atoms with Crippen molar-refractivity contribution < 1.29 is 9.63 Å². The molecule has 2 rings (SSSR count). The molecule has 0 atom stereocenters. The van der Waals surface area contributed by atoms with Crippen molar-refractivity contribution >= 4 is 22.6 Å². The second-order valence-corrected chi connectivity index (χ2v) is 2.84. The van der Waals surface area contributed by atoms with Gasteiger partial charge in [-0.25, -0.2) is 5.48 Å². The number of hydrogen-bond acceptors (Lipinski definition) is 4. The quantitative estimate of drug-likeness (QED) is 0.705. The van der Waals surface area contributed by atoms with Gasteiger partial charge < -0.3 is 4.84 Å². The van der Waals surface area contributed by atoms with E-state index in [1.54, 1.807) is 12.3 Å². The highest BCUT2D eigenvalue weighted by Gasteiger charge is 2.02. The molecule has 5 nitrogen and oxygen atoms in total. The molecule has 0 aliphatic rings. The highest BCUT2D eigenvalue weighted by atomic mass is 16.7. The summed E-state index contributed by atoms with van der Waals surface area (Å²) >= 11 is 0. The van der Waals surface area contributed by atoms with Crippen molar-refractivity contribution in [1.29, 1.82) is 0 Å². The predicted octanol–water partition coefficient (Wildman–Crippen LogP) is 1.45. The Kier molecular flexibility index (Phi) is 2.06. The van der Waals surface area contributed by atoms with Gasteiger partial charge in [-0.05, 0) is 6.07 Å². The third-order valence-electron chi connectivity index (χ3n) is 1.78. The van der Waals surface area contributed by atoms with Crippen molar-refractivity contribution in [2.24, 2.45) is 0 Å². The number of para-hydroxylation sites is 1. The largest absolute Gasteiger partial charge is 0.344 e. The van der Waals surface area contributed by atoms with Crippen molar-refractivity contribution in [3.63, 3.8) is 0 Å². The molecule has 1 aromatic heterocycles. The second-order valence-electron chi connectivity index (χ2n) is 2.84. The van der Waals surface area contributed by atoms with E-state index in [0.717, 1.165) is 10.9 Å². The lowest BCUT2D eigenvalue weighted by Gasteiger charge is -2.04. The summed E-state index contributed by atoms with van der Waals surface area (Å²) in [6.07, 6.45) is 1.70. The summed E-state index contributed by atoms with van der Waals surface area (Å²) in [6.45, 7) is 1.33. The smallest absolute Gasteiger partial charge is 0.329 e. The summed E-state index contributed by atoms with van der Waals surface area (Å²) in [4.78, 5) is 15.2. The fraction of sp³-hybridized carbons (Fsp3) is 0.111. The van der Waals surface area contributed by atoms with Gasteiger partial charge in [0.05, 0.1) is 17.4 Å². The predicted molar refractivity (Wildman–Crippen MR) is 51.5 cm³/mol. The molecule has 0 saturated heterocycles. The molecule has 0 fully saturated rings. The van der Waals surface area contributed by atoms with Crippen LogP contribution < -0.4 is 5.48 Å². The molecule has 0 spiro atoms. The van der Waals surface area contributed by atoms with Gasteiger partial charge in [0.15, 0.2) is 0 Å². The number of aromatic nitrogens is 2. The number of benzene rings is 1. The van der Waals surface area contributed by atoms with Crippen LogP contribution in [0, 0.1) is 0 Å². The number of fused-ring (bicyclic) bond motifs is 1. The number of aromatic amines is 1. The lowest BCUT2D eigenvalue weighted by atomic mass is 10.2. The van der Waals surface area contributed by atoms with E-state index in [1.165, 1.54) is 6.92 Å². The van der Waals surface area contributed by atoms with E-state index in [9.17, 15) is 4.79 Å². The van der Waals surface area contributed by atoms with Crippen LogP contribution in [0.4, 0.5) is 5.69 Å². The van der Waals surface area contributed by atoms with Crippen LogP contribution in [0.3, 0.4) is 0 Å². The van der Waals surface area contributed by atoms with Crippen LogP contribution in [0.1, 0.15) is 6.92 Å². The highest BCUT2D eigenvalue weighted by Crippen LogP contribution is 2.20. The van der Waals surface area contributed by atoms with Crippen LogP contribution >= 0.6 is 0 Å². The Balaban J connectivity index is 2.32. The molecule has 5 heteroatoms. The minimum absolute atomic E-state index is 0.387. The lowest BCUT2D eigenvalue weighted by molar-refractivity contribution is -0.137. The molecule has 1 aromatic carbocycles. The van der Waals surface area contributed by atoms with Crippen LogP contribution in [-0.2, 0) is 9.63 Å². The molecule has 0 bridgehead atoms. The molecule has 0 aliphatic carbocycles. The van der Waals surface area contributed by atoms with Gasteiger partial charge in [-0.1, -0.05) is 12.1 Å². The molecule has 2 N–H and O–H groups in total. The van der Waals surface area contributed by atoms with Crippen LogP contribution in [-0.4, -0.2) is 16.2 Å². The maximum atomic E-state index is 10.6. The standard InChI is InChI=1S/C9H9N3O2/c1-6(13)14-12-8-4-2-3-7-5-10-11-9(7)8/h2-5,12H,1H3,(H,10,11). The van der Waals surface area contributed by atoms with E-state index in [2.05, 4.69) is 20.5 Å². The average Bonchev–Trinajstić information content (AvgIpc) is 2.62. The molecule has 0 unspecified atom stereocenters. The SMILES string of the molecule is CC(=O)ONc1cccc2cn[nH]c12. The van der Waals surface area contributed by atoms with Gasteiger partial charge in [-0.2, -0.15) is 5.10 Å². The van der Waals surface area contributed by atoms with E-state index >= 15 is 0 Å². The summed E-state index contributed by atoms with van der Waals surface area (Å²) in [5.74, 6) is -0.387. The average molecular weight is 191 g/mol. The molecule has 14 heavy (non-hydrogen) atoms. The van der Waals surface area contributed by atoms with Crippen LogP contribution in [0.15, 0.2) is 24.4 Å². The molecule has 0 saturated carbocycles. The molecular formula is C9H9N3O2. The third-order valence-corrected chi connectivity index (χ3v) is 1.78. The first-order chi connectivity index (χ1) is 6.77. The van der Waals surface area contributed by atoms with Gasteiger partial charge in [0.2, 0.25) is 0 Å². The zero-order valence-corrected chi connectivity index (χ0v) is 7.57. The van der Waals surface area contributed by atoms with Gasteiger partial charge in [0.25, 0.3) is 0 Å². The second kappa shape index (κ2) is 3.37. The maximum absolute atomic E-state index is 10.6. The fourth-order valence-corrected chi connectivity index (χ4v) is 1.18. The van der Waals surface area contributed by atoms with Crippen molar-refractivity contribution in [3.05, 3.63) is 24.4 Å². The summed E-state index contributed by atoms with van der Waals surface area (Å²) < 4.78 is 0. The van der Waals surface area contributed by atoms with E-state index < -0.39 is 0 Å². The zero-order valence-electron chi connectivity index (χ0n) is 7.57. The Morgan fingerprint density at radius 3 is 3.21 bits per heavy atom. The number of carbonyl (C=O) groups is 1. The molecule has 72 valence electrons. The van der Waals surface area contributed by atoms with Crippen LogP contribution in [0.25, 0.3) is 10.9 Å². The Morgan fingerprint density at radius 2 is 2.43 bits per heavy atom. The van der Waals surface area contributed by atoms with Gasteiger partial charge >= 0.3 is 5.97 Å². The first-order valence-electron chi connectivity index (χ1n) is 4.13. The Bertz CT molecular complexity index is 464. The van der Waals surface area contributed by atoms with Crippen molar-refractivity contribution in [3.8, 4) is 0 Å². The number of nitrogens with one attached hydrogen (secondary N) is 2. The molecule has 0 radical (unpaired) electrons. The maximum Gasteiger partial charge on any atom is 0.329 e. The number of hydrogen-bond donors (Lipinski definition) is 2. The van der Waals surface area contributed by atoms with Gasteiger partial charge in [0, 0.05) is 12.3 Å². The topological polar surface area (TPSA) is 67.0 Å². The van der Waals surface area contributed by atoms with E-state index in [-0.39, 0.29) is 5.97 Å². The molecular weight excluding hydrogens is 182 g/mol. The normalized spacial score (nSPS) is 10.1. The number of rotatable bonds is 2. The molecule has 0 aliphatic heterocycles. The molecule has 0 amide bonds. The number of nitrogens with zero attached hydrogens (tertiary/aromatic N) is 1. The van der Waals surface area contributed by atoms with Gasteiger partial charge in [-0.15, -0.1) is 0 Å². The number of anilines is 1. The van der Waals surface area contributed by atoms with Gasteiger partial charge in [0.1, 0.15) is 0 Å². The minimum atomic E-state index is -0.387. The lowest BCUT2D eigenvalue weighted by Crippen LogP contribution is -2.06. The Labute approximate surface area is 80.0 Å². The zero-order chi connectivity index (χ0) is 9.97. The van der Waals surface area contributed by atoms with Gasteiger partial charge in [-0.3, -0.25) is 9.89 Å². The number of H-pyrrole nitrogens is 1. The van der Waals surface area contributed by atoms with Crippen LogP contribution in [0.5, 0.6) is 0 Å². The third kappa shape index (κ3) is 1.52. The Hall–Kier alpha value is -2.04. The molecule has 1 heterocycles. The first-order valence-corrected chi connectivity index (χ1v) is 4.13. The number of carbonyl (C=O) groups excluding carboxylic acids is 1. The first kappa shape index (κ1) is 8.55.